The zero-order valence-electron chi connectivity index (χ0n) is 22.3. The second-order valence-electron chi connectivity index (χ2n) is 10.9. The number of morpholine rings is 1. The molecule has 206 valence electrons. The number of aromatic nitrogens is 4. The first-order chi connectivity index (χ1) is 18.7. The minimum absolute atomic E-state index is 0.0874. The van der Waals surface area contributed by atoms with Gasteiger partial charge in [0.2, 0.25) is 0 Å². The third-order valence-corrected chi connectivity index (χ3v) is 10.7. The van der Waals surface area contributed by atoms with E-state index in [9.17, 15) is 13.2 Å². The topological polar surface area (TPSA) is 131 Å². The summed E-state index contributed by atoms with van der Waals surface area (Å²) in [6.07, 6.45) is 5.91. The molecule has 0 spiro atoms. The van der Waals surface area contributed by atoms with Crippen molar-refractivity contribution >= 4 is 33.1 Å². The van der Waals surface area contributed by atoms with E-state index < -0.39 is 14.6 Å². The summed E-state index contributed by atoms with van der Waals surface area (Å²) >= 11 is 0. The number of nitrogens with zero attached hydrogens (tertiary/aromatic N) is 5. The lowest BCUT2D eigenvalue weighted by atomic mass is 10.1. The summed E-state index contributed by atoms with van der Waals surface area (Å²) in [7, 11) is -1.54. The Morgan fingerprint density at radius 1 is 1.03 bits per heavy atom. The van der Waals surface area contributed by atoms with Gasteiger partial charge in [-0.3, -0.25) is 4.68 Å². The van der Waals surface area contributed by atoms with Crippen LogP contribution < -0.4 is 15.5 Å². The Labute approximate surface area is 227 Å². The molecule has 0 radical (unpaired) electrons. The number of nitrogens with one attached hydrogen (secondary N) is 2. The number of anilines is 3. The number of benzene rings is 1. The van der Waals surface area contributed by atoms with Gasteiger partial charge < -0.3 is 20.3 Å². The Balaban J connectivity index is 1.32. The number of hydrogen-bond acceptors (Lipinski definition) is 8. The van der Waals surface area contributed by atoms with Crippen LogP contribution in [0.25, 0.3) is 11.4 Å². The van der Waals surface area contributed by atoms with Crippen molar-refractivity contribution in [3.63, 3.8) is 0 Å². The van der Waals surface area contributed by atoms with E-state index in [4.69, 9.17) is 14.7 Å². The number of hydrogen-bond donors (Lipinski definition) is 2. The molecule has 2 saturated carbocycles. The van der Waals surface area contributed by atoms with Crippen LogP contribution in [0.4, 0.5) is 22.0 Å². The van der Waals surface area contributed by atoms with Gasteiger partial charge in [-0.1, -0.05) is 0 Å². The summed E-state index contributed by atoms with van der Waals surface area (Å²) in [5.74, 6) is 1.19. The van der Waals surface area contributed by atoms with Gasteiger partial charge in [-0.05, 0) is 63.8 Å². The molecule has 2 aromatic heterocycles. The second kappa shape index (κ2) is 9.60. The quantitative estimate of drug-likeness (QED) is 0.454. The van der Waals surface area contributed by atoms with Gasteiger partial charge in [0.05, 0.1) is 48.1 Å². The van der Waals surface area contributed by atoms with Gasteiger partial charge >= 0.3 is 6.03 Å². The normalized spacial score (nSPS) is 22.4. The molecule has 0 bridgehead atoms. The third kappa shape index (κ3) is 4.87. The lowest BCUT2D eigenvalue weighted by molar-refractivity contribution is 0.0752. The molecule has 39 heavy (non-hydrogen) atoms. The van der Waals surface area contributed by atoms with Crippen LogP contribution in [0.15, 0.2) is 42.7 Å². The van der Waals surface area contributed by atoms with Crippen LogP contribution in [0.2, 0.25) is 0 Å². The molecule has 2 amide bonds. The Bertz CT molecular complexity index is 1490. The molecule has 1 aromatic carbocycles. The highest BCUT2D eigenvalue weighted by atomic mass is 32.2. The zero-order valence-corrected chi connectivity index (χ0v) is 23.1. The smallest absolute Gasteiger partial charge is 0.323 e. The molecule has 12 heteroatoms. The summed E-state index contributed by atoms with van der Waals surface area (Å²) in [6, 6.07) is 8.91. The highest BCUT2D eigenvalue weighted by molar-refractivity contribution is 7.93. The van der Waals surface area contributed by atoms with Crippen LogP contribution in [0.3, 0.4) is 0 Å². The lowest BCUT2D eigenvalue weighted by Crippen LogP contribution is -2.50. The standard InChI is InChI=1S/C27H33N7O4S/c1-17-15-38-16-18(2)34(17)24-12-23(27(10-11-27)39(36,37)22-8-9-22)31-25(32-24)19-4-6-20(7-5-19)29-26(35)30-21-13-28-33(3)14-21/h4-7,12-14,17-18,22H,8-11,15-16H2,1-3H3,(H2,29,30,35)/t17-,18-/m0/s1. The average Bonchev–Trinajstić information content (AvgIpc) is 3.82. The first-order valence-electron chi connectivity index (χ1n) is 13.3. The van der Waals surface area contributed by atoms with Crippen molar-refractivity contribution in [3.8, 4) is 11.4 Å². The van der Waals surface area contributed by atoms with Crippen molar-refractivity contribution in [2.75, 3.05) is 28.7 Å². The van der Waals surface area contributed by atoms with Crippen molar-refractivity contribution in [3.05, 3.63) is 48.4 Å². The van der Waals surface area contributed by atoms with Gasteiger partial charge in [-0.15, -0.1) is 0 Å². The van der Waals surface area contributed by atoms with Crippen molar-refractivity contribution in [2.24, 2.45) is 7.05 Å². The maximum Gasteiger partial charge on any atom is 0.323 e. The third-order valence-electron chi connectivity index (χ3n) is 7.69. The van der Waals surface area contributed by atoms with Crippen LogP contribution in [0, 0.1) is 0 Å². The molecule has 3 aliphatic rings. The number of aryl methyl sites for hydroxylation is 1. The number of carbonyl (C=O) groups excluding carboxylic acids is 1. The van der Waals surface area contributed by atoms with Gasteiger partial charge in [0.25, 0.3) is 0 Å². The lowest BCUT2D eigenvalue weighted by Gasteiger charge is -2.40. The average molecular weight is 552 g/mol. The van der Waals surface area contributed by atoms with E-state index in [1.54, 1.807) is 36.3 Å². The van der Waals surface area contributed by atoms with Crippen LogP contribution in [-0.2, 0) is 26.4 Å². The van der Waals surface area contributed by atoms with Crippen LogP contribution in [-0.4, -0.2) is 64.7 Å². The Morgan fingerprint density at radius 3 is 2.28 bits per heavy atom. The molecule has 1 saturated heterocycles. The van der Waals surface area contributed by atoms with E-state index in [1.807, 2.05) is 18.2 Å². The molecule has 3 aromatic rings. The van der Waals surface area contributed by atoms with Crippen molar-refractivity contribution in [2.45, 2.75) is 61.6 Å². The minimum Gasteiger partial charge on any atom is -0.377 e. The van der Waals surface area contributed by atoms with E-state index in [0.717, 1.165) is 18.4 Å². The van der Waals surface area contributed by atoms with Crippen molar-refractivity contribution in [1.82, 2.24) is 19.7 Å². The maximum atomic E-state index is 13.5. The number of urea groups is 1. The van der Waals surface area contributed by atoms with Crippen LogP contribution >= 0.6 is 0 Å². The molecule has 2 aliphatic carbocycles. The number of amides is 2. The van der Waals surface area contributed by atoms with Gasteiger partial charge in [-0.2, -0.15) is 5.10 Å². The van der Waals surface area contributed by atoms with Gasteiger partial charge in [-0.25, -0.2) is 23.2 Å². The fourth-order valence-corrected chi connectivity index (χ4v) is 7.83. The maximum absolute atomic E-state index is 13.5. The predicted molar refractivity (Wildman–Crippen MR) is 148 cm³/mol. The highest BCUT2D eigenvalue weighted by Gasteiger charge is 2.61. The molecule has 0 unspecified atom stereocenters. The predicted octanol–water partition coefficient (Wildman–Crippen LogP) is 3.70. The second-order valence-corrected chi connectivity index (χ2v) is 13.4. The first kappa shape index (κ1) is 25.8. The Hall–Kier alpha value is -3.51. The molecule has 11 nitrogen and oxygen atoms in total. The van der Waals surface area contributed by atoms with E-state index in [1.165, 1.54) is 0 Å². The van der Waals surface area contributed by atoms with Crippen molar-refractivity contribution < 1.29 is 17.9 Å². The molecule has 2 atom stereocenters. The Morgan fingerprint density at radius 2 is 1.69 bits per heavy atom. The fourth-order valence-electron chi connectivity index (χ4n) is 5.36. The zero-order chi connectivity index (χ0) is 27.4. The highest BCUT2D eigenvalue weighted by Crippen LogP contribution is 2.57. The fraction of sp³-hybridized carbons (Fsp3) is 0.481. The van der Waals surface area contributed by atoms with E-state index in [-0.39, 0.29) is 23.4 Å². The molecule has 3 fully saturated rings. The summed E-state index contributed by atoms with van der Waals surface area (Å²) in [5, 5.41) is 9.33. The molecule has 3 heterocycles. The number of carbonyl (C=O) groups is 1. The summed E-state index contributed by atoms with van der Waals surface area (Å²) in [4.78, 5) is 24.4. The number of ether oxygens (including phenoxy) is 1. The van der Waals surface area contributed by atoms with Gasteiger partial charge in [0.15, 0.2) is 15.7 Å². The van der Waals surface area contributed by atoms with E-state index in [2.05, 4.69) is 34.5 Å². The SMILES string of the molecule is C[C@H]1COC[C@H](C)N1c1cc(C2(S(=O)(=O)C3CC3)CC2)nc(-c2ccc(NC(=O)Nc3cnn(C)c3)cc2)n1. The Kier molecular flexibility index (Phi) is 6.34. The van der Waals surface area contributed by atoms with Gasteiger partial charge in [0, 0.05) is 30.6 Å². The molecule has 6 rings (SSSR count). The molecular formula is C27H33N7O4S. The van der Waals surface area contributed by atoms with Crippen LogP contribution in [0.1, 0.15) is 45.2 Å². The molecule has 2 N–H and O–H groups in total. The van der Waals surface area contributed by atoms with E-state index >= 15 is 0 Å². The first-order valence-corrected chi connectivity index (χ1v) is 14.9. The number of sulfone groups is 1. The summed E-state index contributed by atoms with van der Waals surface area (Å²) < 4.78 is 33.4. The summed E-state index contributed by atoms with van der Waals surface area (Å²) in [6.45, 7) is 5.32. The van der Waals surface area contributed by atoms with Crippen molar-refractivity contribution in [1.29, 1.82) is 0 Å². The van der Waals surface area contributed by atoms with E-state index in [0.29, 0.717) is 54.8 Å². The van der Waals surface area contributed by atoms with Gasteiger partial charge in [0.1, 0.15) is 10.6 Å². The molecular weight excluding hydrogens is 518 g/mol. The minimum atomic E-state index is -3.32. The van der Waals surface area contributed by atoms with Crippen LogP contribution in [0.5, 0.6) is 0 Å². The largest absolute Gasteiger partial charge is 0.377 e. The number of rotatable bonds is 7. The monoisotopic (exact) mass is 551 g/mol. The summed E-state index contributed by atoms with van der Waals surface area (Å²) in [5.41, 5.74) is 2.51. The molecule has 1 aliphatic heterocycles.